The van der Waals surface area contributed by atoms with Gasteiger partial charge in [-0.3, -0.25) is 0 Å². The van der Waals surface area contributed by atoms with Crippen molar-refractivity contribution in [2.24, 2.45) is 0 Å². The minimum atomic E-state index is 0.221. The molecule has 1 aromatic heterocycles. The van der Waals surface area contributed by atoms with Crippen LogP contribution in [0.4, 0.5) is 0 Å². The Morgan fingerprint density at radius 1 is 1.08 bits per heavy atom. The van der Waals surface area contributed by atoms with E-state index in [0.717, 1.165) is 21.3 Å². The maximum atomic E-state index is 5.95. The third-order valence-corrected chi connectivity index (χ3v) is 5.33. The fourth-order valence-electron chi connectivity index (χ4n) is 2.62. The topological polar surface area (TPSA) is 43.4 Å². The Labute approximate surface area is 162 Å². The van der Waals surface area contributed by atoms with E-state index in [9.17, 15) is 0 Å². The van der Waals surface area contributed by atoms with E-state index in [1.165, 1.54) is 5.56 Å². The molecule has 0 aliphatic heterocycles. The predicted octanol–water partition coefficient (Wildman–Crippen LogP) is 5.33. The molecule has 0 spiro atoms. The molecule has 4 nitrogen and oxygen atoms in total. The van der Waals surface area contributed by atoms with Crippen LogP contribution in [-0.4, -0.2) is 19.2 Å². The van der Waals surface area contributed by atoms with E-state index in [4.69, 9.17) is 26.1 Å². The zero-order chi connectivity index (χ0) is 18.5. The third kappa shape index (κ3) is 4.36. The van der Waals surface area contributed by atoms with Gasteiger partial charge in [-0.05, 0) is 42.8 Å². The first-order valence-corrected chi connectivity index (χ1v) is 9.52. The first-order valence-electron chi connectivity index (χ1n) is 8.26. The van der Waals surface area contributed by atoms with Crippen molar-refractivity contribution in [1.82, 2.24) is 10.3 Å². The zero-order valence-corrected chi connectivity index (χ0v) is 16.5. The van der Waals surface area contributed by atoms with Gasteiger partial charge in [0.05, 0.1) is 19.9 Å². The molecule has 0 fully saturated rings. The van der Waals surface area contributed by atoms with Crippen molar-refractivity contribution in [2.75, 3.05) is 14.2 Å². The standard InChI is InChI=1S/C20H21ClN2O2S/c1-13(14-4-7-16(21)8-5-14)22-11-17-12-26-20(23-17)15-6-9-18(24-2)19(10-15)25-3/h4-10,12-13,22H,11H2,1-3H3/t13-/m1/s1. The van der Waals surface area contributed by atoms with Crippen LogP contribution in [0.3, 0.4) is 0 Å². The van der Waals surface area contributed by atoms with Crippen molar-refractivity contribution >= 4 is 22.9 Å². The summed E-state index contributed by atoms with van der Waals surface area (Å²) in [6.07, 6.45) is 0. The van der Waals surface area contributed by atoms with Crippen molar-refractivity contribution < 1.29 is 9.47 Å². The number of thiazole rings is 1. The van der Waals surface area contributed by atoms with Crippen LogP contribution in [0.1, 0.15) is 24.2 Å². The van der Waals surface area contributed by atoms with Gasteiger partial charge in [0.15, 0.2) is 11.5 Å². The van der Waals surface area contributed by atoms with Crippen LogP contribution >= 0.6 is 22.9 Å². The summed E-state index contributed by atoms with van der Waals surface area (Å²) in [6, 6.07) is 14.0. The number of nitrogens with zero attached hydrogens (tertiary/aromatic N) is 1. The van der Waals surface area contributed by atoms with E-state index >= 15 is 0 Å². The lowest BCUT2D eigenvalue weighted by Crippen LogP contribution is -2.18. The van der Waals surface area contributed by atoms with E-state index in [1.807, 2.05) is 42.5 Å². The molecule has 3 rings (SSSR count). The van der Waals surface area contributed by atoms with Crippen LogP contribution in [0, 0.1) is 0 Å². The number of hydrogen-bond donors (Lipinski definition) is 1. The summed E-state index contributed by atoms with van der Waals surface area (Å²) in [4.78, 5) is 4.73. The lowest BCUT2D eigenvalue weighted by Gasteiger charge is -2.13. The van der Waals surface area contributed by atoms with E-state index in [2.05, 4.69) is 17.6 Å². The Kier molecular flexibility index (Phi) is 6.14. The fraction of sp³-hybridized carbons (Fsp3) is 0.250. The summed E-state index contributed by atoms with van der Waals surface area (Å²) in [5.41, 5.74) is 3.23. The smallest absolute Gasteiger partial charge is 0.161 e. The average Bonchev–Trinajstić information content (AvgIpc) is 3.15. The molecular weight excluding hydrogens is 368 g/mol. The molecule has 0 aliphatic rings. The van der Waals surface area contributed by atoms with E-state index in [1.54, 1.807) is 25.6 Å². The number of rotatable bonds is 7. The van der Waals surface area contributed by atoms with Crippen molar-refractivity contribution in [1.29, 1.82) is 0 Å². The Bertz CT molecular complexity index is 865. The minimum Gasteiger partial charge on any atom is -0.493 e. The fourth-order valence-corrected chi connectivity index (χ4v) is 3.56. The summed E-state index contributed by atoms with van der Waals surface area (Å²) in [5, 5.41) is 7.28. The molecule has 1 atom stereocenters. The van der Waals surface area contributed by atoms with Gasteiger partial charge in [-0.2, -0.15) is 0 Å². The van der Waals surface area contributed by atoms with Crippen LogP contribution in [0.15, 0.2) is 47.8 Å². The molecule has 0 unspecified atom stereocenters. The highest BCUT2D eigenvalue weighted by molar-refractivity contribution is 7.13. The van der Waals surface area contributed by atoms with Crippen molar-refractivity contribution in [2.45, 2.75) is 19.5 Å². The molecule has 0 amide bonds. The number of methoxy groups -OCH3 is 2. The summed E-state index contributed by atoms with van der Waals surface area (Å²) >= 11 is 7.56. The molecule has 3 aromatic rings. The van der Waals surface area contributed by atoms with Crippen LogP contribution < -0.4 is 14.8 Å². The monoisotopic (exact) mass is 388 g/mol. The number of ether oxygens (including phenoxy) is 2. The molecule has 1 heterocycles. The maximum Gasteiger partial charge on any atom is 0.161 e. The minimum absolute atomic E-state index is 0.221. The van der Waals surface area contributed by atoms with Gasteiger partial charge in [-0.15, -0.1) is 11.3 Å². The largest absolute Gasteiger partial charge is 0.493 e. The van der Waals surface area contributed by atoms with Gasteiger partial charge in [0.25, 0.3) is 0 Å². The molecule has 1 N–H and O–H groups in total. The van der Waals surface area contributed by atoms with Crippen molar-refractivity contribution in [3.05, 3.63) is 64.1 Å². The third-order valence-electron chi connectivity index (χ3n) is 4.14. The van der Waals surface area contributed by atoms with Gasteiger partial charge in [0.2, 0.25) is 0 Å². The summed E-state index contributed by atoms with van der Waals surface area (Å²) < 4.78 is 10.7. The summed E-state index contributed by atoms with van der Waals surface area (Å²) in [5.74, 6) is 1.42. The second kappa shape index (κ2) is 8.54. The van der Waals surface area contributed by atoms with Gasteiger partial charge in [0, 0.05) is 28.6 Å². The lowest BCUT2D eigenvalue weighted by molar-refractivity contribution is 0.355. The second-order valence-corrected chi connectivity index (χ2v) is 7.16. The van der Waals surface area contributed by atoms with Crippen molar-refractivity contribution in [3.8, 4) is 22.1 Å². The molecule has 6 heteroatoms. The molecule has 2 aromatic carbocycles. The van der Waals surface area contributed by atoms with Crippen LogP contribution in [0.25, 0.3) is 10.6 Å². The van der Waals surface area contributed by atoms with Gasteiger partial charge < -0.3 is 14.8 Å². The number of aromatic nitrogens is 1. The Morgan fingerprint density at radius 3 is 2.50 bits per heavy atom. The lowest BCUT2D eigenvalue weighted by atomic mass is 10.1. The molecule has 136 valence electrons. The van der Waals surface area contributed by atoms with E-state index in [-0.39, 0.29) is 6.04 Å². The maximum absolute atomic E-state index is 5.95. The Morgan fingerprint density at radius 2 is 1.81 bits per heavy atom. The second-order valence-electron chi connectivity index (χ2n) is 5.87. The molecule has 0 radical (unpaired) electrons. The van der Waals surface area contributed by atoms with Gasteiger partial charge >= 0.3 is 0 Å². The normalized spacial score (nSPS) is 12.0. The predicted molar refractivity (Wildman–Crippen MR) is 107 cm³/mol. The zero-order valence-electron chi connectivity index (χ0n) is 15.0. The van der Waals surface area contributed by atoms with Crippen LogP contribution in [-0.2, 0) is 6.54 Å². The number of halogens is 1. The quantitative estimate of drug-likeness (QED) is 0.594. The summed E-state index contributed by atoms with van der Waals surface area (Å²) in [6.45, 7) is 2.83. The van der Waals surface area contributed by atoms with Crippen LogP contribution in [0.2, 0.25) is 5.02 Å². The van der Waals surface area contributed by atoms with Crippen molar-refractivity contribution in [3.63, 3.8) is 0 Å². The Balaban J connectivity index is 1.67. The Hall–Kier alpha value is -2.08. The molecule has 0 saturated carbocycles. The molecule has 0 bridgehead atoms. The molecular formula is C20H21ClN2O2S. The highest BCUT2D eigenvalue weighted by Crippen LogP contribution is 2.33. The highest BCUT2D eigenvalue weighted by Gasteiger charge is 2.11. The molecule has 0 aliphatic carbocycles. The highest BCUT2D eigenvalue weighted by atomic mass is 35.5. The number of benzene rings is 2. The van der Waals surface area contributed by atoms with Gasteiger partial charge in [-0.25, -0.2) is 4.98 Å². The number of nitrogens with one attached hydrogen (secondary N) is 1. The average molecular weight is 389 g/mol. The molecule has 0 saturated heterocycles. The van der Waals surface area contributed by atoms with Crippen LogP contribution in [0.5, 0.6) is 11.5 Å². The van der Waals surface area contributed by atoms with Gasteiger partial charge in [0.1, 0.15) is 5.01 Å². The molecule has 26 heavy (non-hydrogen) atoms. The van der Waals surface area contributed by atoms with E-state index < -0.39 is 0 Å². The first kappa shape index (κ1) is 18.7. The van der Waals surface area contributed by atoms with Gasteiger partial charge in [-0.1, -0.05) is 23.7 Å². The number of hydrogen-bond acceptors (Lipinski definition) is 5. The summed E-state index contributed by atoms with van der Waals surface area (Å²) in [7, 11) is 3.27. The van der Waals surface area contributed by atoms with E-state index in [0.29, 0.717) is 18.0 Å². The SMILES string of the molecule is COc1ccc(-c2nc(CN[C@H](C)c3ccc(Cl)cc3)cs2)cc1OC. The first-order chi connectivity index (χ1) is 12.6.